The number of aromatic nitrogens is 2. The molecule has 0 bridgehead atoms. The van der Waals surface area contributed by atoms with Crippen LogP contribution in [0.1, 0.15) is 4.88 Å². The Morgan fingerprint density at radius 1 is 1.14 bits per heavy atom. The maximum absolute atomic E-state index is 13.3. The molecule has 3 rings (SSSR count). The first kappa shape index (κ1) is 14.2. The van der Waals surface area contributed by atoms with Crippen molar-refractivity contribution in [3.63, 3.8) is 0 Å². The Morgan fingerprint density at radius 3 is 2.67 bits per heavy atom. The number of nitrogens with zero attached hydrogens (tertiary/aromatic N) is 2. The summed E-state index contributed by atoms with van der Waals surface area (Å²) in [5.74, 6) is -1.20. The molecule has 0 atom stereocenters. The van der Waals surface area contributed by atoms with Gasteiger partial charge < -0.3 is 5.32 Å². The van der Waals surface area contributed by atoms with Crippen LogP contribution in [0.15, 0.2) is 34.2 Å². The number of fused-ring (bicyclic) bond motifs is 1. The molecule has 3 nitrogen and oxygen atoms in total. The summed E-state index contributed by atoms with van der Waals surface area (Å²) >= 11 is 2.87. The largest absolute Gasteiger partial charge is 0.357 e. The molecule has 1 N–H and O–H groups in total. The first-order chi connectivity index (χ1) is 10.1. The van der Waals surface area contributed by atoms with E-state index in [1.165, 1.54) is 23.9 Å². The standard InChI is InChI=1S/C14H11F2N3S2/c1-7-5-9-12(20-7)18-14(17-2)19-13(9)21-8-3-4-10(15)11(16)6-8/h3-6H,1-2H3,(H,17,18,19). The van der Waals surface area contributed by atoms with E-state index < -0.39 is 11.6 Å². The molecule has 3 aromatic rings. The van der Waals surface area contributed by atoms with Crippen molar-refractivity contribution in [3.8, 4) is 0 Å². The quantitative estimate of drug-likeness (QED) is 0.722. The molecule has 0 saturated carbocycles. The number of anilines is 1. The van der Waals surface area contributed by atoms with Crippen molar-refractivity contribution in [2.75, 3.05) is 12.4 Å². The third kappa shape index (κ3) is 2.84. The normalized spacial score (nSPS) is 11.0. The van der Waals surface area contributed by atoms with E-state index in [1.807, 2.05) is 13.0 Å². The SMILES string of the molecule is CNc1nc(Sc2ccc(F)c(F)c2)c2cc(C)sc2n1. The summed E-state index contributed by atoms with van der Waals surface area (Å²) in [4.78, 5) is 11.4. The van der Waals surface area contributed by atoms with Crippen LogP contribution in [-0.4, -0.2) is 17.0 Å². The van der Waals surface area contributed by atoms with Gasteiger partial charge in [0, 0.05) is 22.2 Å². The Balaban J connectivity index is 2.07. The minimum absolute atomic E-state index is 0.509. The van der Waals surface area contributed by atoms with Crippen molar-refractivity contribution < 1.29 is 8.78 Å². The van der Waals surface area contributed by atoms with Gasteiger partial charge in [0.1, 0.15) is 9.86 Å². The first-order valence-corrected chi connectivity index (χ1v) is 7.79. The van der Waals surface area contributed by atoms with Gasteiger partial charge in [-0.15, -0.1) is 11.3 Å². The van der Waals surface area contributed by atoms with Crippen LogP contribution in [0.25, 0.3) is 10.2 Å². The monoisotopic (exact) mass is 323 g/mol. The lowest BCUT2D eigenvalue weighted by atomic mass is 10.3. The topological polar surface area (TPSA) is 37.8 Å². The molecule has 2 aromatic heterocycles. The summed E-state index contributed by atoms with van der Waals surface area (Å²) in [5, 5.41) is 4.56. The average Bonchev–Trinajstić information content (AvgIpc) is 2.83. The van der Waals surface area contributed by atoms with Crippen LogP contribution < -0.4 is 5.32 Å². The highest BCUT2D eigenvalue weighted by Gasteiger charge is 2.12. The predicted molar refractivity (Wildman–Crippen MR) is 82.2 cm³/mol. The Kier molecular flexibility index (Phi) is 3.77. The molecule has 0 amide bonds. The van der Waals surface area contributed by atoms with Crippen LogP contribution >= 0.6 is 23.1 Å². The fourth-order valence-corrected chi connectivity index (χ4v) is 3.72. The van der Waals surface area contributed by atoms with Gasteiger partial charge in [0.25, 0.3) is 0 Å². The lowest BCUT2D eigenvalue weighted by Crippen LogP contribution is -1.97. The van der Waals surface area contributed by atoms with E-state index in [2.05, 4.69) is 15.3 Å². The molecule has 0 aliphatic rings. The van der Waals surface area contributed by atoms with E-state index in [-0.39, 0.29) is 0 Å². The zero-order valence-electron chi connectivity index (χ0n) is 11.3. The summed E-state index contributed by atoms with van der Waals surface area (Å²) in [7, 11) is 1.74. The molecule has 7 heteroatoms. The van der Waals surface area contributed by atoms with Crippen LogP contribution in [0, 0.1) is 18.6 Å². The fraction of sp³-hybridized carbons (Fsp3) is 0.143. The third-order valence-corrected chi connectivity index (χ3v) is 4.75. The second-order valence-electron chi connectivity index (χ2n) is 4.36. The van der Waals surface area contributed by atoms with Crippen molar-refractivity contribution in [3.05, 3.63) is 40.8 Å². The van der Waals surface area contributed by atoms with Gasteiger partial charge in [-0.3, -0.25) is 0 Å². The van der Waals surface area contributed by atoms with Crippen LogP contribution in [0.5, 0.6) is 0 Å². The van der Waals surface area contributed by atoms with E-state index in [1.54, 1.807) is 18.4 Å². The number of rotatable bonds is 3. The highest BCUT2D eigenvalue weighted by atomic mass is 32.2. The molecule has 0 spiro atoms. The van der Waals surface area contributed by atoms with Crippen molar-refractivity contribution in [1.82, 2.24) is 9.97 Å². The van der Waals surface area contributed by atoms with E-state index in [0.29, 0.717) is 10.8 Å². The highest BCUT2D eigenvalue weighted by molar-refractivity contribution is 7.99. The number of nitrogens with one attached hydrogen (secondary N) is 1. The molecule has 21 heavy (non-hydrogen) atoms. The molecule has 1 aromatic carbocycles. The maximum Gasteiger partial charge on any atom is 0.224 e. The van der Waals surface area contributed by atoms with Crippen LogP contribution in [0.2, 0.25) is 0 Å². The Labute approximate surface area is 128 Å². The van der Waals surface area contributed by atoms with Crippen LogP contribution in [0.4, 0.5) is 14.7 Å². The third-order valence-electron chi connectivity index (χ3n) is 2.81. The van der Waals surface area contributed by atoms with Gasteiger partial charge in [-0.2, -0.15) is 0 Å². The molecule has 2 heterocycles. The zero-order chi connectivity index (χ0) is 15.0. The number of aryl methyl sites for hydroxylation is 1. The number of benzene rings is 1. The number of thiophene rings is 1. The van der Waals surface area contributed by atoms with E-state index >= 15 is 0 Å². The molecular formula is C14H11F2N3S2. The Hall–Kier alpha value is -1.73. The molecule has 0 saturated heterocycles. The summed E-state index contributed by atoms with van der Waals surface area (Å²) in [6, 6.07) is 5.83. The minimum atomic E-state index is -0.861. The molecule has 0 unspecified atom stereocenters. The van der Waals surface area contributed by atoms with Gasteiger partial charge in [-0.25, -0.2) is 18.7 Å². The lowest BCUT2D eigenvalue weighted by molar-refractivity contribution is 0.506. The summed E-state index contributed by atoms with van der Waals surface area (Å²) in [5.41, 5.74) is 0. The number of hydrogen-bond acceptors (Lipinski definition) is 5. The van der Waals surface area contributed by atoms with Gasteiger partial charge in [0.2, 0.25) is 5.95 Å². The van der Waals surface area contributed by atoms with E-state index in [0.717, 1.165) is 26.2 Å². The van der Waals surface area contributed by atoms with Gasteiger partial charge in [0.15, 0.2) is 11.6 Å². The second kappa shape index (κ2) is 5.57. The first-order valence-electron chi connectivity index (χ1n) is 6.15. The highest BCUT2D eigenvalue weighted by Crippen LogP contribution is 2.36. The molecule has 0 radical (unpaired) electrons. The molecule has 0 aliphatic carbocycles. The van der Waals surface area contributed by atoms with Gasteiger partial charge >= 0.3 is 0 Å². The van der Waals surface area contributed by atoms with Crippen molar-refractivity contribution in [2.45, 2.75) is 16.8 Å². The molecule has 108 valence electrons. The van der Waals surface area contributed by atoms with Crippen molar-refractivity contribution in [1.29, 1.82) is 0 Å². The summed E-state index contributed by atoms with van der Waals surface area (Å²) in [6.07, 6.45) is 0. The average molecular weight is 323 g/mol. The fourth-order valence-electron chi connectivity index (χ4n) is 1.86. The lowest BCUT2D eigenvalue weighted by Gasteiger charge is -2.05. The van der Waals surface area contributed by atoms with Gasteiger partial charge in [-0.1, -0.05) is 11.8 Å². The van der Waals surface area contributed by atoms with E-state index in [4.69, 9.17) is 0 Å². The molecular weight excluding hydrogens is 312 g/mol. The van der Waals surface area contributed by atoms with Gasteiger partial charge in [0.05, 0.1) is 0 Å². The number of halogens is 2. The maximum atomic E-state index is 13.3. The van der Waals surface area contributed by atoms with Crippen molar-refractivity contribution in [2.24, 2.45) is 0 Å². The van der Waals surface area contributed by atoms with Crippen LogP contribution in [0.3, 0.4) is 0 Å². The Bertz CT molecular complexity index is 817. The van der Waals surface area contributed by atoms with Gasteiger partial charge in [-0.05, 0) is 31.2 Å². The van der Waals surface area contributed by atoms with E-state index in [9.17, 15) is 8.78 Å². The molecule has 0 fully saturated rings. The predicted octanol–water partition coefficient (Wildman–Crippen LogP) is 4.47. The minimum Gasteiger partial charge on any atom is -0.357 e. The smallest absolute Gasteiger partial charge is 0.224 e. The zero-order valence-corrected chi connectivity index (χ0v) is 12.9. The second-order valence-corrected chi connectivity index (χ2v) is 6.65. The Morgan fingerprint density at radius 2 is 1.95 bits per heavy atom. The summed E-state index contributed by atoms with van der Waals surface area (Å²) < 4.78 is 26.3. The summed E-state index contributed by atoms with van der Waals surface area (Å²) in [6.45, 7) is 2.00. The number of hydrogen-bond donors (Lipinski definition) is 1. The molecule has 0 aliphatic heterocycles. The van der Waals surface area contributed by atoms with Crippen molar-refractivity contribution >= 4 is 39.3 Å². The van der Waals surface area contributed by atoms with Crippen LogP contribution in [-0.2, 0) is 0 Å².